The van der Waals surface area contributed by atoms with E-state index in [2.05, 4.69) is 24.8 Å². The van der Waals surface area contributed by atoms with Crippen molar-refractivity contribution < 1.29 is 13.2 Å². The van der Waals surface area contributed by atoms with Gasteiger partial charge in [0.25, 0.3) is 0 Å². The van der Waals surface area contributed by atoms with Crippen molar-refractivity contribution in [3.8, 4) is 11.8 Å². The van der Waals surface area contributed by atoms with Gasteiger partial charge in [-0.1, -0.05) is 31.3 Å². The van der Waals surface area contributed by atoms with E-state index in [-0.39, 0.29) is 5.92 Å². The first-order valence-corrected chi connectivity index (χ1v) is 10.4. The van der Waals surface area contributed by atoms with Gasteiger partial charge in [-0.05, 0) is 92.9 Å². The SMILES string of the molecule is CCC1CCC(/C=C/C#CC2CCC(c3cc(F)c(F)c(F)c3)CC2)CC1. The first-order chi connectivity index (χ1) is 13.1. The van der Waals surface area contributed by atoms with Crippen LogP contribution in [0.2, 0.25) is 0 Å². The van der Waals surface area contributed by atoms with E-state index in [1.165, 1.54) is 32.1 Å². The molecule has 2 aliphatic rings. The molecule has 3 heteroatoms. The van der Waals surface area contributed by atoms with E-state index in [4.69, 9.17) is 0 Å². The van der Waals surface area contributed by atoms with E-state index in [0.717, 1.165) is 43.7 Å². The number of hydrogen-bond acceptors (Lipinski definition) is 0. The first kappa shape index (κ1) is 20.1. The van der Waals surface area contributed by atoms with E-state index in [1.54, 1.807) is 0 Å². The molecule has 146 valence electrons. The Labute approximate surface area is 161 Å². The summed E-state index contributed by atoms with van der Waals surface area (Å²) in [6, 6.07) is 2.29. The number of allylic oxidation sites excluding steroid dienone is 2. The Morgan fingerprint density at radius 2 is 1.56 bits per heavy atom. The molecule has 2 fully saturated rings. The summed E-state index contributed by atoms with van der Waals surface area (Å²) in [7, 11) is 0. The second-order valence-electron chi connectivity index (χ2n) is 8.18. The van der Waals surface area contributed by atoms with Gasteiger partial charge in [0.15, 0.2) is 17.5 Å². The van der Waals surface area contributed by atoms with Crippen LogP contribution in [0.4, 0.5) is 13.2 Å². The van der Waals surface area contributed by atoms with Crippen LogP contribution in [0.3, 0.4) is 0 Å². The van der Waals surface area contributed by atoms with Crippen LogP contribution in [0.15, 0.2) is 24.3 Å². The van der Waals surface area contributed by atoms with Gasteiger partial charge >= 0.3 is 0 Å². The molecule has 1 aromatic carbocycles. The van der Waals surface area contributed by atoms with Gasteiger partial charge in [-0.2, -0.15) is 0 Å². The van der Waals surface area contributed by atoms with E-state index >= 15 is 0 Å². The van der Waals surface area contributed by atoms with Crippen LogP contribution in [-0.4, -0.2) is 0 Å². The number of benzene rings is 1. The fourth-order valence-electron chi connectivity index (χ4n) is 4.52. The van der Waals surface area contributed by atoms with Gasteiger partial charge in [0.1, 0.15) is 0 Å². The molecule has 0 unspecified atom stereocenters. The summed E-state index contributed by atoms with van der Waals surface area (Å²) in [5.74, 6) is 5.02. The zero-order valence-corrected chi connectivity index (χ0v) is 16.1. The lowest BCUT2D eigenvalue weighted by Crippen LogP contribution is -2.13. The van der Waals surface area contributed by atoms with Crippen LogP contribution in [0, 0.1) is 47.0 Å². The second-order valence-corrected chi connectivity index (χ2v) is 8.18. The quantitative estimate of drug-likeness (QED) is 0.389. The molecule has 0 atom stereocenters. The van der Waals surface area contributed by atoms with Crippen LogP contribution in [0.1, 0.15) is 76.2 Å². The van der Waals surface area contributed by atoms with Crippen molar-refractivity contribution in [1.82, 2.24) is 0 Å². The van der Waals surface area contributed by atoms with Crippen molar-refractivity contribution in [2.45, 2.75) is 70.6 Å². The zero-order valence-electron chi connectivity index (χ0n) is 16.1. The molecule has 0 saturated heterocycles. The lowest BCUT2D eigenvalue weighted by atomic mass is 9.79. The summed E-state index contributed by atoms with van der Waals surface area (Å²) in [4.78, 5) is 0. The van der Waals surface area contributed by atoms with E-state index in [1.807, 2.05) is 6.08 Å². The molecule has 0 nitrogen and oxygen atoms in total. The van der Waals surface area contributed by atoms with Gasteiger partial charge in [0.2, 0.25) is 0 Å². The summed E-state index contributed by atoms with van der Waals surface area (Å²) >= 11 is 0. The molecule has 0 N–H and O–H groups in total. The van der Waals surface area contributed by atoms with Gasteiger partial charge in [-0.3, -0.25) is 0 Å². The minimum atomic E-state index is -1.38. The van der Waals surface area contributed by atoms with Crippen LogP contribution >= 0.6 is 0 Å². The van der Waals surface area contributed by atoms with E-state index in [0.29, 0.717) is 17.4 Å². The fraction of sp³-hybridized carbons (Fsp3) is 0.583. The van der Waals surface area contributed by atoms with Crippen LogP contribution in [0.25, 0.3) is 0 Å². The second kappa shape index (κ2) is 9.49. The Bertz CT molecular complexity index is 686. The highest BCUT2D eigenvalue weighted by Gasteiger charge is 2.23. The van der Waals surface area contributed by atoms with E-state index in [9.17, 15) is 13.2 Å². The Kier molecular flexibility index (Phi) is 7.05. The van der Waals surface area contributed by atoms with Crippen molar-refractivity contribution >= 4 is 0 Å². The largest absolute Gasteiger partial charge is 0.204 e. The molecule has 0 aliphatic heterocycles. The Balaban J connectivity index is 1.46. The highest BCUT2D eigenvalue weighted by atomic mass is 19.2. The number of rotatable bonds is 3. The maximum Gasteiger partial charge on any atom is 0.194 e. The normalized spacial score (nSPS) is 28.7. The summed E-state index contributed by atoms with van der Waals surface area (Å²) in [5.41, 5.74) is 0.570. The molecule has 3 rings (SSSR count). The van der Waals surface area contributed by atoms with Gasteiger partial charge < -0.3 is 0 Å². The predicted molar refractivity (Wildman–Crippen MR) is 104 cm³/mol. The monoisotopic (exact) mass is 374 g/mol. The highest BCUT2D eigenvalue weighted by molar-refractivity contribution is 5.25. The maximum absolute atomic E-state index is 13.4. The van der Waals surface area contributed by atoms with Crippen LogP contribution < -0.4 is 0 Å². The molecule has 0 bridgehead atoms. The van der Waals surface area contributed by atoms with Gasteiger partial charge in [-0.15, -0.1) is 0 Å². The third kappa shape index (κ3) is 5.41. The Morgan fingerprint density at radius 3 is 2.15 bits per heavy atom. The molecular formula is C24H29F3. The van der Waals surface area contributed by atoms with Crippen molar-refractivity contribution in [2.24, 2.45) is 17.8 Å². The third-order valence-electron chi connectivity index (χ3n) is 6.41. The summed E-state index contributed by atoms with van der Waals surface area (Å²) in [5, 5.41) is 0. The molecule has 0 radical (unpaired) electrons. The molecule has 2 saturated carbocycles. The predicted octanol–water partition coefficient (Wildman–Crippen LogP) is 7.15. The smallest absolute Gasteiger partial charge is 0.194 e. The summed E-state index contributed by atoms with van der Waals surface area (Å²) in [6.45, 7) is 2.28. The first-order valence-electron chi connectivity index (χ1n) is 10.4. The van der Waals surface area contributed by atoms with Crippen molar-refractivity contribution in [1.29, 1.82) is 0 Å². The maximum atomic E-state index is 13.4. The molecule has 0 aromatic heterocycles. The minimum absolute atomic E-state index is 0.0944. The number of hydrogen-bond donors (Lipinski definition) is 0. The van der Waals surface area contributed by atoms with E-state index < -0.39 is 17.5 Å². The van der Waals surface area contributed by atoms with Crippen molar-refractivity contribution in [3.63, 3.8) is 0 Å². The van der Waals surface area contributed by atoms with Crippen molar-refractivity contribution in [2.75, 3.05) is 0 Å². The minimum Gasteiger partial charge on any atom is -0.204 e. The lowest BCUT2D eigenvalue weighted by molar-refractivity contribution is 0.304. The van der Waals surface area contributed by atoms with Gasteiger partial charge in [0.05, 0.1) is 0 Å². The Hall–Kier alpha value is -1.69. The molecule has 2 aliphatic carbocycles. The number of halogens is 3. The topological polar surface area (TPSA) is 0 Å². The zero-order chi connectivity index (χ0) is 19.2. The third-order valence-corrected chi connectivity index (χ3v) is 6.41. The molecular weight excluding hydrogens is 345 g/mol. The molecule has 27 heavy (non-hydrogen) atoms. The van der Waals surface area contributed by atoms with Crippen molar-refractivity contribution in [3.05, 3.63) is 47.3 Å². The standard InChI is InChI=1S/C24H29F3/c1-2-17-7-9-18(10-8-17)5-3-4-6-19-11-13-20(14-12-19)21-15-22(25)24(27)23(26)16-21/h3,5,15-20H,2,7-14H2,1H3/b5-3+. The van der Waals surface area contributed by atoms with Gasteiger partial charge in [0, 0.05) is 5.92 Å². The van der Waals surface area contributed by atoms with Gasteiger partial charge in [-0.25, -0.2) is 13.2 Å². The molecule has 1 aromatic rings. The molecule has 0 heterocycles. The highest BCUT2D eigenvalue weighted by Crippen LogP contribution is 2.36. The lowest BCUT2D eigenvalue weighted by Gasteiger charge is -2.26. The summed E-state index contributed by atoms with van der Waals surface area (Å²) < 4.78 is 40.0. The average molecular weight is 374 g/mol. The Morgan fingerprint density at radius 1 is 0.926 bits per heavy atom. The van der Waals surface area contributed by atoms with Crippen LogP contribution in [0.5, 0.6) is 0 Å². The summed E-state index contributed by atoms with van der Waals surface area (Å²) in [6.07, 6.45) is 14.4. The molecule has 0 amide bonds. The fourth-order valence-corrected chi connectivity index (χ4v) is 4.52. The van der Waals surface area contributed by atoms with Crippen LogP contribution in [-0.2, 0) is 0 Å². The molecule has 0 spiro atoms. The average Bonchev–Trinajstić information content (AvgIpc) is 2.70.